The normalized spacial score (nSPS) is 18.1. The Balaban J connectivity index is 1.37. The van der Waals surface area contributed by atoms with Crippen LogP contribution in [0.25, 0.3) is 6.08 Å². The fraction of sp³-hybridized carbons (Fsp3) is 0.381. The number of hydrogen-bond acceptors (Lipinski definition) is 4. The predicted octanol–water partition coefficient (Wildman–Crippen LogP) is 3.09. The maximum Gasteiger partial charge on any atom is 0.152 e. The average Bonchev–Trinajstić information content (AvgIpc) is 3.34. The van der Waals surface area contributed by atoms with Gasteiger partial charge in [-0.2, -0.15) is 0 Å². The molecule has 0 saturated carbocycles. The summed E-state index contributed by atoms with van der Waals surface area (Å²) >= 11 is 0. The van der Waals surface area contributed by atoms with Gasteiger partial charge in [0.05, 0.1) is 12.9 Å². The Morgan fingerprint density at radius 2 is 2.07 bits per heavy atom. The summed E-state index contributed by atoms with van der Waals surface area (Å²) in [6.07, 6.45) is 12.0. The van der Waals surface area contributed by atoms with E-state index in [-0.39, 0.29) is 5.82 Å². The smallest absolute Gasteiger partial charge is 0.152 e. The summed E-state index contributed by atoms with van der Waals surface area (Å²) in [5, 5.41) is 8.89. The van der Waals surface area contributed by atoms with Crippen LogP contribution in [-0.2, 0) is 13.6 Å². The third kappa shape index (κ3) is 4.36. The second-order valence-electron chi connectivity index (χ2n) is 7.32. The van der Waals surface area contributed by atoms with E-state index in [4.69, 9.17) is 0 Å². The van der Waals surface area contributed by atoms with Crippen LogP contribution in [0, 0.1) is 5.82 Å². The van der Waals surface area contributed by atoms with E-state index in [2.05, 4.69) is 43.8 Å². The molecule has 0 spiro atoms. The maximum absolute atomic E-state index is 13.0. The van der Waals surface area contributed by atoms with Gasteiger partial charge in [-0.05, 0) is 37.1 Å². The largest absolute Gasteiger partial charge is 0.330 e. The quantitative estimate of drug-likeness (QED) is 0.659. The standard InChI is InChI=1S/C21H25FN6/c1-26-20(15-28-13-10-23-16-28)24-25-21(26)18-5-3-12-27(14-18)11-2-4-17-6-8-19(22)9-7-17/h2,4,6-10,13,16,18H,3,5,11-12,14-15H2,1H3/b4-2+/t18-/m1/s1. The number of hydrogen-bond donors (Lipinski definition) is 0. The molecule has 1 aromatic carbocycles. The summed E-state index contributed by atoms with van der Waals surface area (Å²) in [5.74, 6) is 2.19. The van der Waals surface area contributed by atoms with Gasteiger partial charge in [0.25, 0.3) is 0 Å². The molecule has 1 aliphatic heterocycles. The van der Waals surface area contributed by atoms with E-state index in [1.165, 1.54) is 12.1 Å². The van der Waals surface area contributed by atoms with Crippen molar-refractivity contribution in [3.63, 3.8) is 0 Å². The Morgan fingerprint density at radius 1 is 1.21 bits per heavy atom. The Labute approximate surface area is 164 Å². The van der Waals surface area contributed by atoms with E-state index < -0.39 is 0 Å². The summed E-state index contributed by atoms with van der Waals surface area (Å²) in [6.45, 7) is 3.63. The molecule has 28 heavy (non-hydrogen) atoms. The van der Waals surface area contributed by atoms with Gasteiger partial charge in [-0.1, -0.05) is 24.3 Å². The Hall–Kier alpha value is -2.80. The van der Waals surface area contributed by atoms with Crippen molar-refractivity contribution >= 4 is 6.08 Å². The number of rotatable bonds is 6. The molecular weight excluding hydrogens is 355 g/mol. The van der Waals surface area contributed by atoms with Gasteiger partial charge in [-0.15, -0.1) is 10.2 Å². The van der Waals surface area contributed by atoms with Crippen LogP contribution in [0.5, 0.6) is 0 Å². The van der Waals surface area contributed by atoms with Gasteiger partial charge in [0.1, 0.15) is 11.6 Å². The molecule has 4 rings (SSSR count). The third-order valence-electron chi connectivity index (χ3n) is 5.30. The van der Waals surface area contributed by atoms with Crippen molar-refractivity contribution in [2.75, 3.05) is 19.6 Å². The molecule has 0 radical (unpaired) electrons. The zero-order chi connectivity index (χ0) is 19.3. The molecule has 1 aliphatic rings. The molecule has 0 N–H and O–H groups in total. The van der Waals surface area contributed by atoms with Gasteiger partial charge >= 0.3 is 0 Å². The van der Waals surface area contributed by atoms with Gasteiger partial charge < -0.3 is 9.13 Å². The van der Waals surface area contributed by atoms with E-state index in [9.17, 15) is 4.39 Å². The molecular formula is C21H25FN6. The molecule has 1 fully saturated rings. The topological polar surface area (TPSA) is 51.8 Å². The molecule has 0 unspecified atom stereocenters. The number of likely N-dealkylation sites (tertiary alicyclic amines) is 1. The highest BCUT2D eigenvalue weighted by atomic mass is 19.1. The van der Waals surface area contributed by atoms with E-state index in [0.717, 1.165) is 49.7 Å². The first-order valence-electron chi connectivity index (χ1n) is 9.67. The summed E-state index contributed by atoms with van der Waals surface area (Å²) in [7, 11) is 2.05. The zero-order valence-electron chi connectivity index (χ0n) is 16.1. The fourth-order valence-corrected chi connectivity index (χ4v) is 3.76. The molecule has 1 atom stereocenters. The Kier molecular flexibility index (Phi) is 5.62. The zero-order valence-corrected chi connectivity index (χ0v) is 16.1. The first-order chi connectivity index (χ1) is 13.7. The second kappa shape index (κ2) is 8.48. The summed E-state index contributed by atoms with van der Waals surface area (Å²) in [4.78, 5) is 6.53. The average molecular weight is 380 g/mol. The lowest BCUT2D eigenvalue weighted by molar-refractivity contribution is 0.222. The fourth-order valence-electron chi connectivity index (χ4n) is 3.76. The molecule has 0 aliphatic carbocycles. The van der Waals surface area contributed by atoms with Crippen molar-refractivity contribution in [1.29, 1.82) is 0 Å². The number of piperidine rings is 1. The van der Waals surface area contributed by atoms with Crippen LogP contribution in [0.3, 0.4) is 0 Å². The van der Waals surface area contributed by atoms with E-state index in [1.807, 2.05) is 10.8 Å². The number of benzene rings is 1. The van der Waals surface area contributed by atoms with Gasteiger partial charge in [-0.25, -0.2) is 9.37 Å². The second-order valence-corrected chi connectivity index (χ2v) is 7.32. The molecule has 3 aromatic rings. The molecule has 146 valence electrons. The maximum atomic E-state index is 13.0. The van der Waals surface area contributed by atoms with Crippen LogP contribution in [0.1, 0.15) is 36.0 Å². The van der Waals surface area contributed by atoms with Crippen molar-refractivity contribution in [3.8, 4) is 0 Å². The van der Waals surface area contributed by atoms with Crippen molar-refractivity contribution in [2.45, 2.75) is 25.3 Å². The minimum absolute atomic E-state index is 0.202. The summed E-state index contributed by atoms with van der Waals surface area (Å²) in [5.41, 5.74) is 1.02. The van der Waals surface area contributed by atoms with Gasteiger partial charge in [0.15, 0.2) is 5.82 Å². The minimum atomic E-state index is -0.202. The molecule has 1 saturated heterocycles. The predicted molar refractivity (Wildman–Crippen MR) is 106 cm³/mol. The van der Waals surface area contributed by atoms with E-state index in [1.54, 1.807) is 24.7 Å². The third-order valence-corrected chi connectivity index (χ3v) is 5.30. The highest BCUT2D eigenvalue weighted by Gasteiger charge is 2.25. The Morgan fingerprint density at radius 3 is 2.86 bits per heavy atom. The number of nitrogens with zero attached hydrogens (tertiary/aromatic N) is 6. The van der Waals surface area contributed by atoms with Crippen LogP contribution in [0.2, 0.25) is 0 Å². The SMILES string of the molecule is Cn1c(Cn2ccnc2)nnc1[C@@H]1CCCN(C/C=C/c2ccc(F)cc2)C1. The van der Waals surface area contributed by atoms with E-state index >= 15 is 0 Å². The van der Waals surface area contributed by atoms with Crippen LogP contribution in [0.15, 0.2) is 49.1 Å². The van der Waals surface area contributed by atoms with E-state index in [0.29, 0.717) is 12.5 Å². The van der Waals surface area contributed by atoms with Gasteiger partial charge in [0.2, 0.25) is 0 Å². The number of halogens is 1. The van der Waals surface area contributed by atoms with Crippen LogP contribution in [-0.4, -0.2) is 48.8 Å². The highest BCUT2D eigenvalue weighted by molar-refractivity contribution is 5.48. The minimum Gasteiger partial charge on any atom is -0.330 e. The lowest BCUT2D eigenvalue weighted by atomic mass is 9.97. The van der Waals surface area contributed by atoms with Gasteiger partial charge in [-0.3, -0.25) is 4.90 Å². The van der Waals surface area contributed by atoms with Crippen molar-refractivity contribution in [1.82, 2.24) is 29.2 Å². The summed E-state index contributed by atoms with van der Waals surface area (Å²) in [6, 6.07) is 6.58. The highest BCUT2D eigenvalue weighted by Crippen LogP contribution is 2.25. The molecule has 2 aromatic heterocycles. The van der Waals surface area contributed by atoms with Crippen molar-refractivity contribution in [3.05, 3.63) is 72.1 Å². The first kappa shape index (κ1) is 18.6. The monoisotopic (exact) mass is 380 g/mol. The summed E-state index contributed by atoms with van der Waals surface area (Å²) < 4.78 is 17.1. The lowest BCUT2D eigenvalue weighted by Crippen LogP contribution is -2.35. The molecule has 0 bridgehead atoms. The van der Waals surface area contributed by atoms with Crippen LogP contribution < -0.4 is 0 Å². The van der Waals surface area contributed by atoms with Crippen LogP contribution >= 0.6 is 0 Å². The molecule has 6 nitrogen and oxygen atoms in total. The molecule has 0 amide bonds. The van der Waals surface area contributed by atoms with Gasteiger partial charge in [0, 0.05) is 38.4 Å². The number of aromatic nitrogens is 5. The Bertz CT molecular complexity index is 913. The van der Waals surface area contributed by atoms with Crippen molar-refractivity contribution < 1.29 is 4.39 Å². The first-order valence-corrected chi connectivity index (χ1v) is 9.67. The van der Waals surface area contributed by atoms with Crippen molar-refractivity contribution in [2.24, 2.45) is 7.05 Å². The molecule has 3 heterocycles. The number of imidazole rings is 1. The lowest BCUT2D eigenvalue weighted by Gasteiger charge is -2.31. The molecule has 7 heteroatoms. The van der Waals surface area contributed by atoms with Crippen LogP contribution in [0.4, 0.5) is 4.39 Å².